The SMILES string of the molecule is CCCCC(I)Cc1ccc(S(=O)(=O)[O-])cc1.[K+]. The van der Waals surface area contributed by atoms with Crippen LogP contribution in [0.2, 0.25) is 0 Å². The van der Waals surface area contributed by atoms with Crippen LogP contribution in [0.3, 0.4) is 0 Å². The standard InChI is InChI=1S/C12H17IO3S.K/c1-2-3-4-11(13)9-10-5-7-12(8-6-10)17(14,15)16;/h5-8,11H,2-4,9H2,1H3,(H,14,15,16);/q;+1/p-1. The Kier molecular flexibility index (Phi) is 10.2. The topological polar surface area (TPSA) is 57.2 Å². The van der Waals surface area contributed by atoms with Crippen molar-refractivity contribution in [3.05, 3.63) is 29.8 Å². The van der Waals surface area contributed by atoms with Gasteiger partial charge in [-0.1, -0.05) is 54.5 Å². The minimum absolute atomic E-state index is 0. The number of hydrogen-bond acceptors (Lipinski definition) is 3. The summed E-state index contributed by atoms with van der Waals surface area (Å²) >= 11 is 2.41. The number of alkyl halides is 1. The quantitative estimate of drug-likeness (QED) is 0.292. The zero-order valence-electron chi connectivity index (χ0n) is 10.7. The van der Waals surface area contributed by atoms with Gasteiger partial charge in [0.2, 0.25) is 0 Å². The molecule has 0 radical (unpaired) electrons. The molecule has 96 valence electrons. The average Bonchev–Trinajstić information content (AvgIpc) is 2.26. The van der Waals surface area contributed by atoms with Gasteiger partial charge in [0, 0.05) is 3.92 Å². The Morgan fingerprint density at radius 1 is 1.28 bits per heavy atom. The van der Waals surface area contributed by atoms with E-state index in [1.165, 1.54) is 31.4 Å². The average molecular weight is 406 g/mol. The molecule has 0 saturated heterocycles. The van der Waals surface area contributed by atoms with E-state index in [0.29, 0.717) is 3.92 Å². The molecule has 0 heterocycles. The first-order valence-electron chi connectivity index (χ1n) is 5.62. The molecule has 1 atom stereocenters. The first-order valence-corrected chi connectivity index (χ1v) is 8.27. The summed E-state index contributed by atoms with van der Waals surface area (Å²) in [4.78, 5) is -0.153. The third-order valence-corrected chi connectivity index (χ3v) is 4.45. The first kappa shape index (κ1) is 19.5. The van der Waals surface area contributed by atoms with E-state index >= 15 is 0 Å². The van der Waals surface area contributed by atoms with Crippen LogP contribution >= 0.6 is 22.6 Å². The molecule has 1 rings (SSSR count). The summed E-state index contributed by atoms with van der Waals surface area (Å²) in [6.07, 6.45) is 4.48. The van der Waals surface area contributed by atoms with Crippen molar-refractivity contribution < 1.29 is 64.4 Å². The van der Waals surface area contributed by atoms with Gasteiger partial charge < -0.3 is 4.55 Å². The molecule has 1 unspecified atom stereocenters. The van der Waals surface area contributed by atoms with Gasteiger partial charge in [0.1, 0.15) is 10.1 Å². The zero-order chi connectivity index (χ0) is 12.9. The molecule has 0 aliphatic rings. The maximum absolute atomic E-state index is 10.8. The summed E-state index contributed by atoms with van der Waals surface area (Å²) in [5.74, 6) is 0. The second kappa shape index (κ2) is 9.44. The van der Waals surface area contributed by atoms with Crippen LogP contribution in [0, 0.1) is 0 Å². The Bertz CT molecular complexity index is 445. The monoisotopic (exact) mass is 406 g/mol. The van der Waals surface area contributed by atoms with Gasteiger partial charge in [0.25, 0.3) is 0 Å². The molecule has 0 saturated carbocycles. The first-order chi connectivity index (χ1) is 7.93. The van der Waals surface area contributed by atoms with E-state index in [9.17, 15) is 13.0 Å². The van der Waals surface area contributed by atoms with Crippen LogP contribution in [-0.2, 0) is 16.5 Å². The van der Waals surface area contributed by atoms with Crippen molar-refractivity contribution in [1.29, 1.82) is 0 Å². The smallest absolute Gasteiger partial charge is 0.744 e. The van der Waals surface area contributed by atoms with Gasteiger partial charge in [0.15, 0.2) is 0 Å². The van der Waals surface area contributed by atoms with Crippen LogP contribution in [0.4, 0.5) is 0 Å². The minimum Gasteiger partial charge on any atom is -0.744 e. The summed E-state index contributed by atoms with van der Waals surface area (Å²) in [6, 6.07) is 6.23. The van der Waals surface area contributed by atoms with Gasteiger partial charge in [-0.15, -0.1) is 0 Å². The molecule has 0 amide bonds. The normalized spacial score (nSPS) is 12.8. The summed E-state index contributed by atoms with van der Waals surface area (Å²) < 4.78 is 32.8. The van der Waals surface area contributed by atoms with E-state index in [2.05, 4.69) is 29.5 Å². The molecule has 0 aliphatic carbocycles. The molecule has 1 aromatic rings. The van der Waals surface area contributed by atoms with Crippen molar-refractivity contribution in [3.8, 4) is 0 Å². The molecule has 6 heteroatoms. The molecular formula is C12H16IKO3S. The molecule has 3 nitrogen and oxygen atoms in total. The summed E-state index contributed by atoms with van der Waals surface area (Å²) in [5.41, 5.74) is 1.08. The zero-order valence-corrected chi connectivity index (χ0v) is 16.8. The second-order valence-corrected chi connectivity index (χ2v) is 7.18. The fourth-order valence-corrected chi connectivity index (χ4v) is 2.99. The van der Waals surface area contributed by atoms with Crippen molar-refractivity contribution in [1.82, 2.24) is 0 Å². The van der Waals surface area contributed by atoms with Crippen molar-refractivity contribution >= 4 is 32.7 Å². The summed E-state index contributed by atoms with van der Waals surface area (Å²) in [5, 5.41) is 0. The number of halogens is 1. The molecule has 0 aromatic heterocycles. The van der Waals surface area contributed by atoms with Crippen molar-refractivity contribution in [3.63, 3.8) is 0 Å². The largest absolute Gasteiger partial charge is 1.00 e. The van der Waals surface area contributed by atoms with Crippen LogP contribution in [0.5, 0.6) is 0 Å². The molecule has 0 bridgehead atoms. The van der Waals surface area contributed by atoms with Crippen LogP contribution < -0.4 is 51.4 Å². The van der Waals surface area contributed by atoms with E-state index in [0.717, 1.165) is 12.0 Å². The fraction of sp³-hybridized carbons (Fsp3) is 0.500. The van der Waals surface area contributed by atoms with Crippen LogP contribution in [0.25, 0.3) is 0 Å². The Morgan fingerprint density at radius 3 is 2.28 bits per heavy atom. The molecule has 0 spiro atoms. The molecule has 18 heavy (non-hydrogen) atoms. The number of rotatable bonds is 6. The third kappa shape index (κ3) is 7.32. The van der Waals surface area contributed by atoms with Gasteiger partial charge in [-0.2, -0.15) is 0 Å². The van der Waals surface area contributed by atoms with E-state index in [4.69, 9.17) is 0 Å². The van der Waals surface area contributed by atoms with E-state index in [-0.39, 0.29) is 56.3 Å². The summed E-state index contributed by atoms with van der Waals surface area (Å²) in [6.45, 7) is 2.16. The molecule has 0 aliphatic heterocycles. The molecule has 0 N–H and O–H groups in total. The Labute approximate surface area is 165 Å². The van der Waals surface area contributed by atoms with Gasteiger partial charge in [-0.25, -0.2) is 8.42 Å². The van der Waals surface area contributed by atoms with Gasteiger partial charge in [0.05, 0.1) is 4.90 Å². The number of benzene rings is 1. The molecular weight excluding hydrogens is 390 g/mol. The van der Waals surface area contributed by atoms with Gasteiger partial charge in [-0.05, 0) is 30.5 Å². The van der Waals surface area contributed by atoms with Crippen molar-refractivity contribution in [2.24, 2.45) is 0 Å². The maximum Gasteiger partial charge on any atom is 1.00 e. The van der Waals surface area contributed by atoms with E-state index in [1.807, 2.05) is 0 Å². The maximum atomic E-state index is 10.8. The van der Waals surface area contributed by atoms with Crippen LogP contribution in [-0.4, -0.2) is 16.9 Å². The molecule has 0 fully saturated rings. The Balaban J connectivity index is 0.00000289. The fourth-order valence-electron chi connectivity index (χ4n) is 1.58. The van der Waals surface area contributed by atoms with Crippen molar-refractivity contribution in [2.45, 2.75) is 41.4 Å². The predicted octanol–water partition coefficient (Wildman–Crippen LogP) is 0.131. The minimum atomic E-state index is -4.31. The van der Waals surface area contributed by atoms with Gasteiger partial charge >= 0.3 is 51.4 Å². The number of unbranched alkanes of at least 4 members (excludes halogenated alkanes) is 1. The molecule has 1 aromatic carbocycles. The van der Waals surface area contributed by atoms with E-state index < -0.39 is 10.1 Å². The van der Waals surface area contributed by atoms with Crippen LogP contribution in [0.1, 0.15) is 31.7 Å². The van der Waals surface area contributed by atoms with E-state index in [1.54, 1.807) is 12.1 Å². The third-order valence-electron chi connectivity index (χ3n) is 2.54. The number of hydrogen-bond donors (Lipinski definition) is 0. The Hall–Kier alpha value is 1.50. The summed E-state index contributed by atoms with van der Waals surface area (Å²) in [7, 11) is -4.31. The van der Waals surface area contributed by atoms with Gasteiger partial charge in [-0.3, -0.25) is 0 Å². The second-order valence-electron chi connectivity index (χ2n) is 4.04. The van der Waals surface area contributed by atoms with Crippen LogP contribution in [0.15, 0.2) is 29.2 Å². The predicted molar refractivity (Wildman–Crippen MR) is 75.4 cm³/mol. The Morgan fingerprint density at radius 2 is 1.83 bits per heavy atom. The van der Waals surface area contributed by atoms with Crippen molar-refractivity contribution in [2.75, 3.05) is 0 Å².